The maximum Gasteiger partial charge on any atom is 0.483 e. The Morgan fingerprint density at radius 3 is 1.24 bits per heavy atom. The van der Waals surface area contributed by atoms with Gasteiger partial charge in [-0.2, -0.15) is 56.7 Å². The minimum absolute atomic E-state index is 1.28. The predicted octanol–water partition coefficient (Wildman–Crippen LogP) is 3.28. The Morgan fingerprint density at radius 2 is 1.00 bits per heavy atom. The number of hydrogen-bond donors (Lipinski definition) is 0. The average molecular weight is 368 g/mol. The zero-order valence-corrected chi connectivity index (χ0v) is 9.49. The SMILES string of the molecule is O=S(=O)(F)C(F)(F)C(F)(F)C(F)(F)OC(F)(F)C(F)(F)F. The highest BCUT2D eigenvalue weighted by molar-refractivity contribution is 7.87. The third-order valence-corrected chi connectivity index (χ3v) is 2.49. The van der Waals surface area contributed by atoms with Crippen molar-refractivity contribution in [3.63, 3.8) is 0 Å². The van der Waals surface area contributed by atoms with E-state index in [4.69, 9.17) is 0 Å². The van der Waals surface area contributed by atoms with Gasteiger partial charge in [0, 0.05) is 0 Å². The molecule has 0 atom stereocenters. The van der Waals surface area contributed by atoms with E-state index in [1.165, 1.54) is 4.74 Å². The quantitative estimate of drug-likeness (QED) is 0.553. The summed E-state index contributed by atoms with van der Waals surface area (Å²) < 4.78 is 165. The molecule has 0 aliphatic heterocycles. The van der Waals surface area contributed by atoms with E-state index in [0.717, 1.165) is 0 Å². The van der Waals surface area contributed by atoms with Gasteiger partial charge in [-0.1, -0.05) is 3.89 Å². The van der Waals surface area contributed by atoms with Crippen molar-refractivity contribution in [2.24, 2.45) is 0 Å². The van der Waals surface area contributed by atoms with E-state index in [1.807, 2.05) is 0 Å². The van der Waals surface area contributed by atoms with Crippen molar-refractivity contribution in [2.45, 2.75) is 29.6 Å². The Morgan fingerprint density at radius 1 is 0.667 bits per heavy atom. The molecule has 0 radical (unpaired) electrons. The van der Waals surface area contributed by atoms with Crippen LogP contribution in [-0.4, -0.2) is 38.0 Å². The van der Waals surface area contributed by atoms with Crippen molar-refractivity contribution >= 4 is 10.2 Å². The number of halogens is 12. The lowest BCUT2D eigenvalue weighted by Gasteiger charge is -2.32. The van der Waals surface area contributed by atoms with Gasteiger partial charge >= 0.3 is 39.8 Å². The Kier molecular flexibility index (Phi) is 4.57. The molecule has 0 fully saturated rings. The van der Waals surface area contributed by atoms with Crippen LogP contribution in [0.2, 0.25) is 0 Å². The number of hydrogen-bond acceptors (Lipinski definition) is 3. The van der Waals surface area contributed by atoms with Crippen LogP contribution in [0.5, 0.6) is 0 Å². The van der Waals surface area contributed by atoms with Gasteiger partial charge in [-0.25, -0.2) is 4.74 Å². The zero-order chi connectivity index (χ0) is 17.7. The lowest BCUT2D eigenvalue weighted by molar-refractivity contribution is -0.495. The molecule has 0 aliphatic rings. The molecule has 0 aromatic heterocycles. The van der Waals surface area contributed by atoms with Gasteiger partial charge in [-0.05, 0) is 0 Å². The Hall–Kier alpha value is -0.930. The van der Waals surface area contributed by atoms with Crippen molar-refractivity contribution in [2.75, 3.05) is 0 Å². The molecule has 0 unspecified atom stereocenters. The molecule has 0 heterocycles. The largest absolute Gasteiger partial charge is 0.483 e. The first-order valence-corrected chi connectivity index (χ1v) is 5.31. The Bertz CT molecular complexity index is 490. The summed E-state index contributed by atoms with van der Waals surface area (Å²) in [6.07, 6.45) is -21.5. The third-order valence-electron chi connectivity index (χ3n) is 1.62. The molecule has 0 saturated heterocycles. The highest BCUT2D eigenvalue weighted by Crippen LogP contribution is 2.52. The lowest BCUT2D eigenvalue weighted by atomic mass is 10.3. The van der Waals surface area contributed by atoms with E-state index in [-0.39, 0.29) is 0 Å². The first kappa shape index (κ1) is 20.1. The molecule has 21 heavy (non-hydrogen) atoms. The van der Waals surface area contributed by atoms with Gasteiger partial charge in [-0.3, -0.25) is 0 Å². The second-order valence-electron chi connectivity index (χ2n) is 3.16. The topological polar surface area (TPSA) is 43.4 Å². The molecule has 0 N–H and O–H groups in total. The summed E-state index contributed by atoms with van der Waals surface area (Å²) in [6, 6.07) is 0. The summed E-state index contributed by atoms with van der Waals surface area (Å²) >= 11 is 0. The number of alkyl halides is 11. The molecule has 0 aromatic rings. The average Bonchev–Trinajstić information content (AvgIpc) is 2.11. The van der Waals surface area contributed by atoms with Gasteiger partial charge in [0.25, 0.3) is 0 Å². The molecule has 0 aliphatic carbocycles. The van der Waals surface area contributed by atoms with Gasteiger partial charge < -0.3 is 0 Å². The van der Waals surface area contributed by atoms with E-state index >= 15 is 0 Å². The molecule has 128 valence electrons. The zero-order valence-electron chi connectivity index (χ0n) is 8.67. The van der Waals surface area contributed by atoms with Crippen LogP contribution in [0.1, 0.15) is 0 Å². The van der Waals surface area contributed by atoms with E-state index in [2.05, 4.69) is 0 Å². The van der Waals surface area contributed by atoms with Crippen LogP contribution < -0.4 is 0 Å². The summed E-state index contributed by atoms with van der Waals surface area (Å²) in [5.41, 5.74) is 0. The molecule has 0 saturated carbocycles. The minimum Gasteiger partial charge on any atom is -0.243 e. The molecular formula is C5F12O3S. The van der Waals surface area contributed by atoms with E-state index in [1.54, 1.807) is 0 Å². The summed E-state index contributed by atoms with van der Waals surface area (Å²) in [7, 11) is -7.80. The highest BCUT2D eigenvalue weighted by Gasteiger charge is 2.82. The van der Waals surface area contributed by atoms with Crippen molar-refractivity contribution < 1.29 is 65.3 Å². The van der Waals surface area contributed by atoms with Crippen molar-refractivity contribution in [3.8, 4) is 0 Å². The first-order chi connectivity index (χ1) is 8.71. The smallest absolute Gasteiger partial charge is 0.243 e. The fourth-order valence-electron chi connectivity index (χ4n) is 0.605. The van der Waals surface area contributed by atoms with E-state index in [9.17, 15) is 60.6 Å². The second kappa shape index (κ2) is 4.79. The fraction of sp³-hybridized carbons (Fsp3) is 1.00. The highest BCUT2D eigenvalue weighted by atomic mass is 32.3. The third kappa shape index (κ3) is 3.29. The summed E-state index contributed by atoms with van der Waals surface area (Å²) in [4.78, 5) is 0. The molecule has 0 bridgehead atoms. The lowest BCUT2D eigenvalue weighted by Crippen LogP contribution is -2.61. The van der Waals surface area contributed by atoms with Crippen LogP contribution in [-0.2, 0) is 15.0 Å². The molecule has 16 heteroatoms. The van der Waals surface area contributed by atoms with E-state index in [0.29, 0.717) is 0 Å². The Balaban J connectivity index is 5.83. The monoisotopic (exact) mass is 368 g/mol. The molecule has 0 amide bonds. The summed E-state index contributed by atoms with van der Waals surface area (Å²) in [6.45, 7) is 0. The maximum absolute atomic E-state index is 12.4. The van der Waals surface area contributed by atoms with Crippen molar-refractivity contribution in [3.05, 3.63) is 0 Å². The molecule has 3 nitrogen and oxygen atoms in total. The van der Waals surface area contributed by atoms with Crippen molar-refractivity contribution in [1.82, 2.24) is 0 Å². The number of rotatable bonds is 5. The van der Waals surface area contributed by atoms with Gasteiger partial charge in [0.15, 0.2) is 0 Å². The van der Waals surface area contributed by atoms with Crippen LogP contribution in [0.4, 0.5) is 52.2 Å². The summed E-state index contributed by atoms with van der Waals surface area (Å²) in [5, 5.41) is -7.34. The molecule has 0 aromatic carbocycles. The molecule has 0 spiro atoms. The van der Waals surface area contributed by atoms with Crippen molar-refractivity contribution in [1.29, 1.82) is 0 Å². The van der Waals surface area contributed by atoms with E-state index < -0.39 is 39.8 Å². The second-order valence-corrected chi connectivity index (χ2v) is 4.55. The minimum atomic E-state index is -7.80. The summed E-state index contributed by atoms with van der Waals surface area (Å²) in [5.74, 6) is -7.58. The number of ether oxygens (including phenoxy) is 1. The first-order valence-electron chi connectivity index (χ1n) is 3.93. The molecular weight excluding hydrogens is 368 g/mol. The van der Waals surface area contributed by atoms with Crippen LogP contribution in [0.25, 0.3) is 0 Å². The van der Waals surface area contributed by atoms with Gasteiger partial charge in [0.05, 0.1) is 0 Å². The Labute approximate surface area is 106 Å². The standard InChI is InChI=1S/C5F12O3S/c6-1(7,5(15,16)21(17,18)19)3(11,12)20-4(13,14)2(8,9)10. The predicted molar refractivity (Wildman–Crippen MR) is 37.0 cm³/mol. The van der Waals surface area contributed by atoms with Crippen LogP contribution in [0.15, 0.2) is 0 Å². The van der Waals surface area contributed by atoms with Crippen LogP contribution in [0, 0.1) is 0 Å². The van der Waals surface area contributed by atoms with Gasteiger partial charge in [0.1, 0.15) is 0 Å². The van der Waals surface area contributed by atoms with Crippen LogP contribution in [0.3, 0.4) is 0 Å². The fourth-order valence-corrected chi connectivity index (χ4v) is 1.03. The van der Waals surface area contributed by atoms with Crippen LogP contribution >= 0.6 is 0 Å². The molecule has 0 rings (SSSR count). The maximum atomic E-state index is 12.4. The normalized spacial score (nSPS) is 16.2. The van der Waals surface area contributed by atoms with Gasteiger partial charge in [-0.15, -0.1) is 0 Å². The van der Waals surface area contributed by atoms with Gasteiger partial charge in [0.2, 0.25) is 0 Å².